The average Bonchev–Trinajstić information content (AvgIpc) is 3.53. The fourth-order valence-corrected chi connectivity index (χ4v) is 4.43. The lowest BCUT2D eigenvalue weighted by atomic mass is 9.94. The molecule has 3 heterocycles. The van der Waals surface area contributed by atoms with Gasteiger partial charge in [0.1, 0.15) is 11.0 Å². The topological polar surface area (TPSA) is 115 Å². The fraction of sp³-hybridized carbons (Fsp3) is 0.273. The van der Waals surface area contributed by atoms with Gasteiger partial charge in [-0.3, -0.25) is 14.5 Å². The van der Waals surface area contributed by atoms with Crippen molar-refractivity contribution in [2.45, 2.75) is 25.8 Å². The highest BCUT2D eigenvalue weighted by atomic mass is 32.1. The van der Waals surface area contributed by atoms with E-state index in [2.05, 4.69) is 10.2 Å². The van der Waals surface area contributed by atoms with Crippen LogP contribution in [0.1, 0.15) is 46.9 Å². The molecular weight excluding hydrogens is 434 g/mol. The number of carbonyl (C=O) groups excluding carboxylic acids is 2. The van der Waals surface area contributed by atoms with E-state index in [4.69, 9.17) is 13.9 Å². The van der Waals surface area contributed by atoms with E-state index in [-0.39, 0.29) is 22.4 Å². The van der Waals surface area contributed by atoms with Gasteiger partial charge in [-0.2, -0.15) is 0 Å². The summed E-state index contributed by atoms with van der Waals surface area (Å²) in [7, 11) is 2.95. The van der Waals surface area contributed by atoms with Gasteiger partial charge in [0.2, 0.25) is 10.9 Å². The van der Waals surface area contributed by atoms with E-state index in [0.29, 0.717) is 17.1 Å². The Labute approximate surface area is 187 Å². The van der Waals surface area contributed by atoms with E-state index in [9.17, 15) is 14.7 Å². The predicted molar refractivity (Wildman–Crippen MR) is 116 cm³/mol. The smallest absolute Gasteiger partial charge is 0.296 e. The molecule has 2 aromatic heterocycles. The van der Waals surface area contributed by atoms with E-state index < -0.39 is 23.5 Å². The second-order valence-electron chi connectivity index (χ2n) is 7.31. The van der Waals surface area contributed by atoms with Crippen molar-refractivity contribution < 1.29 is 28.6 Å². The predicted octanol–water partition coefficient (Wildman–Crippen LogP) is 4.05. The van der Waals surface area contributed by atoms with Crippen LogP contribution < -0.4 is 14.4 Å². The molecule has 0 fully saturated rings. The number of furan rings is 1. The number of rotatable bonds is 7. The minimum atomic E-state index is -1.03. The fourth-order valence-electron chi connectivity index (χ4n) is 3.55. The maximum Gasteiger partial charge on any atom is 0.296 e. The number of aliphatic hydroxyl groups excluding tert-OH is 1. The molecule has 0 saturated heterocycles. The number of para-hydroxylation sites is 1. The van der Waals surface area contributed by atoms with E-state index in [0.717, 1.165) is 5.01 Å². The van der Waals surface area contributed by atoms with Gasteiger partial charge in [-0.25, -0.2) is 0 Å². The number of hydrogen-bond acceptors (Lipinski definition) is 9. The summed E-state index contributed by atoms with van der Waals surface area (Å²) in [6.45, 7) is 3.92. The molecule has 1 aliphatic heterocycles. The normalized spacial score (nSPS) is 16.2. The second-order valence-corrected chi connectivity index (χ2v) is 8.29. The molecule has 1 atom stereocenters. The molecule has 1 amide bonds. The maximum absolute atomic E-state index is 13.3. The first-order valence-electron chi connectivity index (χ1n) is 9.78. The number of ether oxygens (including phenoxy) is 2. The Hall–Kier alpha value is -3.66. The number of amides is 1. The summed E-state index contributed by atoms with van der Waals surface area (Å²) in [6, 6.07) is 7.10. The van der Waals surface area contributed by atoms with Gasteiger partial charge in [0.25, 0.3) is 5.91 Å². The van der Waals surface area contributed by atoms with E-state index in [1.165, 1.54) is 42.8 Å². The molecule has 10 heteroatoms. The van der Waals surface area contributed by atoms with Crippen LogP contribution in [0.25, 0.3) is 0 Å². The van der Waals surface area contributed by atoms with Crippen molar-refractivity contribution >= 4 is 28.2 Å². The third-order valence-corrected chi connectivity index (χ3v) is 6.28. The number of aromatic nitrogens is 2. The summed E-state index contributed by atoms with van der Waals surface area (Å²) in [4.78, 5) is 27.8. The van der Waals surface area contributed by atoms with Crippen LogP contribution in [0.3, 0.4) is 0 Å². The van der Waals surface area contributed by atoms with Gasteiger partial charge in [0.15, 0.2) is 23.0 Å². The summed E-state index contributed by atoms with van der Waals surface area (Å²) < 4.78 is 16.2. The molecule has 0 radical (unpaired) electrons. The summed E-state index contributed by atoms with van der Waals surface area (Å²) >= 11 is 1.22. The number of hydrogen-bond donors (Lipinski definition) is 1. The lowest BCUT2D eigenvalue weighted by molar-refractivity contribution is -0.117. The van der Waals surface area contributed by atoms with Crippen molar-refractivity contribution in [3.8, 4) is 11.5 Å². The van der Waals surface area contributed by atoms with Crippen molar-refractivity contribution in [2.24, 2.45) is 0 Å². The first kappa shape index (κ1) is 21.6. The Kier molecular flexibility index (Phi) is 5.70. The zero-order valence-electron chi connectivity index (χ0n) is 17.9. The van der Waals surface area contributed by atoms with Gasteiger partial charge >= 0.3 is 0 Å². The van der Waals surface area contributed by atoms with Crippen LogP contribution in [0.2, 0.25) is 0 Å². The molecule has 0 spiro atoms. The lowest BCUT2D eigenvalue weighted by Crippen LogP contribution is -2.31. The Morgan fingerprint density at radius 1 is 1.19 bits per heavy atom. The van der Waals surface area contributed by atoms with Crippen molar-refractivity contribution in [3.63, 3.8) is 0 Å². The van der Waals surface area contributed by atoms with Crippen molar-refractivity contribution in [2.75, 3.05) is 19.1 Å². The number of carbonyl (C=O) groups is 2. The number of ketones is 1. The van der Waals surface area contributed by atoms with Gasteiger partial charge < -0.3 is 19.0 Å². The summed E-state index contributed by atoms with van der Waals surface area (Å²) in [5, 5.41) is 20.1. The highest BCUT2D eigenvalue weighted by Gasteiger charge is 2.48. The van der Waals surface area contributed by atoms with Crippen molar-refractivity contribution in [1.82, 2.24) is 10.2 Å². The van der Waals surface area contributed by atoms with Gasteiger partial charge in [-0.15, -0.1) is 10.2 Å². The molecule has 1 N–H and O–H groups in total. The number of methoxy groups -OCH3 is 2. The Morgan fingerprint density at radius 2 is 1.97 bits per heavy atom. The number of anilines is 1. The first-order chi connectivity index (χ1) is 15.4. The zero-order chi connectivity index (χ0) is 23.0. The van der Waals surface area contributed by atoms with Crippen molar-refractivity contribution in [3.05, 3.63) is 64.3 Å². The molecule has 3 aromatic rings. The van der Waals surface area contributed by atoms with Gasteiger partial charge in [0, 0.05) is 11.5 Å². The monoisotopic (exact) mass is 455 g/mol. The minimum absolute atomic E-state index is 0.00630. The van der Waals surface area contributed by atoms with Crippen LogP contribution in [-0.4, -0.2) is 41.2 Å². The van der Waals surface area contributed by atoms with Crippen LogP contribution in [0.5, 0.6) is 11.5 Å². The van der Waals surface area contributed by atoms with Gasteiger partial charge in [-0.1, -0.05) is 37.3 Å². The average molecular weight is 455 g/mol. The van der Waals surface area contributed by atoms with Gasteiger partial charge in [0.05, 0.1) is 26.1 Å². The van der Waals surface area contributed by atoms with Crippen LogP contribution in [0, 0.1) is 0 Å². The minimum Gasteiger partial charge on any atom is -0.503 e. The van der Waals surface area contributed by atoms with Crippen LogP contribution in [0.15, 0.2) is 52.3 Å². The molecule has 0 saturated carbocycles. The molecule has 1 aliphatic rings. The summed E-state index contributed by atoms with van der Waals surface area (Å²) in [5.74, 6) is -1.24. The third-order valence-electron chi connectivity index (χ3n) is 5.06. The van der Waals surface area contributed by atoms with E-state index >= 15 is 0 Å². The molecule has 0 aliphatic carbocycles. The lowest BCUT2D eigenvalue weighted by Gasteiger charge is -2.26. The number of aliphatic hydroxyl groups is 1. The SMILES string of the molecule is COc1cccc([C@@H]2C(C(=O)c3ccco3)=C(O)C(=O)N2c2nnc(C(C)C)s2)c1OC. The summed E-state index contributed by atoms with van der Waals surface area (Å²) in [6.07, 6.45) is 1.35. The van der Waals surface area contributed by atoms with Crippen molar-refractivity contribution in [1.29, 1.82) is 0 Å². The largest absolute Gasteiger partial charge is 0.503 e. The molecule has 166 valence electrons. The Bertz CT molecular complexity index is 1200. The summed E-state index contributed by atoms with van der Waals surface area (Å²) in [5.41, 5.74) is 0.304. The van der Waals surface area contributed by atoms with Crippen LogP contribution in [-0.2, 0) is 4.79 Å². The quantitative estimate of drug-likeness (QED) is 0.531. The molecule has 0 bridgehead atoms. The van der Waals surface area contributed by atoms with E-state index in [1.54, 1.807) is 24.3 Å². The molecule has 1 aromatic carbocycles. The molecule has 32 heavy (non-hydrogen) atoms. The molecule has 9 nitrogen and oxygen atoms in total. The zero-order valence-corrected chi connectivity index (χ0v) is 18.7. The highest BCUT2D eigenvalue weighted by Crippen LogP contribution is 2.47. The Balaban J connectivity index is 1.93. The number of benzene rings is 1. The van der Waals surface area contributed by atoms with Gasteiger partial charge in [-0.05, 0) is 18.2 Å². The maximum atomic E-state index is 13.3. The molecule has 0 unspecified atom stereocenters. The highest BCUT2D eigenvalue weighted by molar-refractivity contribution is 7.15. The molecular formula is C22H21N3O6S. The first-order valence-corrected chi connectivity index (χ1v) is 10.6. The Morgan fingerprint density at radius 3 is 2.56 bits per heavy atom. The van der Waals surface area contributed by atoms with Crippen LogP contribution >= 0.6 is 11.3 Å². The van der Waals surface area contributed by atoms with Crippen LogP contribution in [0.4, 0.5) is 5.13 Å². The number of Topliss-reactive ketones (excluding diaryl/α,β-unsaturated/α-hetero) is 1. The number of nitrogens with zero attached hydrogens (tertiary/aromatic N) is 3. The second kappa shape index (κ2) is 8.46. The van der Waals surface area contributed by atoms with E-state index in [1.807, 2.05) is 13.8 Å². The standard InChI is InChI=1S/C22H21N3O6S/c1-11(2)20-23-24-22(32-20)25-16(12-7-5-8-14(29-3)19(12)30-4)15(18(27)21(25)28)17(26)13-9-6-10-31-13/h5-11,16,27H,1-4H3/t16-/m1/s1. The third kappa shape index (κ3) is 3.42. The molecule has 4 rings (SSSR count).